The molecule has 0 amide bonds. The second-order valence-corrected chi connectivity index (χ2v) is 13.8. The molecule has 3 aromatic rings. The molecule has 0 spiro atoms. The first kappa shape index (κ1) is 18.3. The van der Waals surface area contributed by atoms with Gasteiger partial charge >= 0.3 is 0 Å². The number of pyridine rings is 1. The van der Waals surface area contributed by atoms with Crippen molar-refractivity contribution in [2.45, 2.75) is 32.4 Å². The van der Waals surface area contributed by atoms with E-state index in [1.54, 1.807) is 6.20 Å². The molecule has 1 fully saturated rings. The monoisotopic (exact) mass is 386 g/mol. The summed E-state index contributed by atoms with van der Waals surface area (Å²) in [4.78, 5) is 4.30. The van der Waals surface area contributed by atoms with Crippen molar-refractivity contribution in [2.24, 2.45) is 0 Å². The molecule has 143 valence electrons. The number of hydrogen-bond donors (Lipinski definition) is 1. The van der Waals surface area contributed by atoms with Crippen molar-refractivity contribution in [1.29, 1.82) is 0 Å². The van der Waals surface area contributed by atoms with Crippen LogP contribution in [0.4, 0.5) is 4.39 Å². The average Bonchev–Trinajstić information content (AvgIpc) is 3.16. The second kappa shape index (κ2) is 7.18. The number of ether oxygens (including phenoxy) is 1. The minimum atomic E-state index is -1.11. The van der Waals surface area contributed by atoms with E-state index < -0.39 is 8.07 Å². The zero-order valence-electron chi connectivity index (χ0n) is 16.0. The van der Waals surface area contributed by atoms with Crippen molar-refractivity contribution in [3.63, 3.8) is 0 Å². The van der Waals surface area contributed by atoms with Crippen molar-refractivity contribution >= 4 is 19.1 Å². The van der Waals surface area contributed by atoms with E-state index >= 15 is 0 Å². The quantitative estimate of drug-likeness (QED) is 0.500. The van der Waals surface area contributed by atoms with Gasteiger partial charge in [-0.05, 0) is 12.1 Å². The second-order valence-electron chi connectivity index (χ2n) is 8.20. The van der Waals surface area contributed by atoms with E-state index in [-0.39, 0.29) is 5.82 Å². The molecule has 4 heterocycles. The van der Waals surface area contributed by atoms with Gasteiger partial charge in [0.15, 0.2) is 0 Å². The molecule has 6 nitrogen and oxygen atoms in total. The number of nitrogens with one attached hydrogen (secondary N) is 1. The minimum absolute atomic E-state index is 0.337. The molecule has 1 aliphatic rings. The van der Waals surface area contributed by atoms with Crippen LogP contribution in [-0.2, 0) is 11.5 Å². The summed E-state index contributed by atoms with van der Waals surface area (Å²) in [6.45, 7) is 9.79. The number of nitrogens with zero attached hydrogens (tertiary/aromatic N) is 4. The maximum Gasteiger partial charge on any atom is 0.150 e. The van der Waals surface area contributed by atoms with E-state index in [4.69, 9.17) is 4.74 Å². The van der Waals surface area contributed by atoms with Crippen LogP contribution in [0.5, 0.6) is 0 Å². The van der Waals surface area contributed by atoms with Crippen LogP contribution >= 0.6 is 0 Å². The van der Waals surface area contributed by atoms with Gasteiger partial charge in [0.25, 0.3) is 0 Å². The lowest BCUT2D eigenvalue weighted by Crippen LogP contribution is -2.44. The zero-order chi connectivity index (χ0) is 19.0. The molecule has 3 aromatic heterocycles. The highest BCUT2D eigenvalue weighted by molar-refractivity contribution is 6.76. The van der Waals surface area contributed by atoms with Gasteiger partial charge in [0, 0.05) is 56.7 Å². The Morgan fingerprint density at radius 1 is 1.26 bits per heavy atom. The highest BCUT2D eigenvalue weighted by Gasteiger charge is 2.22. The van der Waals surface area contributed by atoms with Gasteiger partial charge in [0.05, 0.1) is 12.4 Å². The van der Waals surface area contributed by atoms with Crippen LogP contribution in [0, 0.1) is 11.9 Å². The lowest BCUT2D eigenvalue weighted by Gasteiger charge is -2.25. The molecule has 1 saturated heterocycles. The predicted molar refractivity (Wildman–Crippen MR) is 107 cm³/mol. The summed E-state index contributed by atoms with van der Waals surface area (Å²) in [5.41, 5.74) is 2.03. The summed E-state index contributed by atoms with van der Waals surface area (Å²) < 4.78 is 24.2. The third-order valence-corrected chi connectivity index (χ3v) is 6.53. The molecular formula is C19H25FN5OSi. The van der Waals surface area contributed by atoms with Crippen LogP contribution < -0.4 is 5.32 Å². The Hall–Kier alpha value is -2.03. The highest BCUT2D eigenvalue weighted by Crippen LogP contribution is 2.31. The first-order chi connectivity index (χ1) is 12.9. The normalized spacial score (nSPS) is 15.4. The van der Waals surface area contributed by atoms with E-state index in [1.165, 1.54) is 12.2 Å². The third kappa shape index (κ3) is 3.83. The Kier molecular flexibility index (Phi) is 4.87. The van der Waals surface area contributed by atoms with Gasteiger partial charge in [0.1, 0.15) is 24.2 Å². The van der Waals surface area contributed by atoms with Gasteiger partial charge in [-0.25, -0.2) is 9.37 Å². The van der Waals surface area contributed by atoms with Crippen LogP contribution in [0.2, 0.25) is 25.7 Å². The van der Waals surface area contributed by atoms with Crippen LogP contribution in [0.3, 0.4) is 0 Å². The predicted octanol–water partition coefficient (Wildman–Crippen LogP) is 3.33. The molecular weight excluding hydrogens is 361 g/mol. The summed E-state index contributed by atoms with van der Waals surface area (Å²) in [6.07, 6.45) is 6.79. The molecule has 0 aromatic carbocycles. The number of rotatable bonds is 7. The van der Waals surface area contributed by atoms with Crippen molar-refractivity contribution in [2.75, 3.05) is 19.7 Å². The maximum atomic E-state index is 14.6. The molecule has 0 unspecified atom stereocenters. The van der Waals surface area contributed by atoms with Crippen molar-refractivity contribution in [3.05, 3.63) is 42.7 Å². The molecule has 1 N–H and O–H groups in total. The summed E-state index contributed by atoms with van der Waals surface area (Å²) in [6, 6.07) is 4.20. The van der Waals surface area contributed by atoms with E-state index in [9.17, 15) is 4.39 Å². The standard InChI is InChI=1S/C19H25FN5OSi/c1-27(2,3)7-6-26-13-24-5-4-16-18(17(20)11-22-19(16)24)14-8-23-25(12-14)15-9-21-10-15/h4-5,8,11-12,21H,6-7,9-10,13H2,1-3H3. The fourth-order valence-corrected chi connectivity index (χ4v) is 3.83. The Morgan fingerprint density at radius 3 is 2.78 bits per heavy atom. The van der Waals surface area contributed by atoms with Crippen LogP contribution in [0.25, 0.3) is 22.2 Å². The van der Waals surface area contributed by atoms with Gasteiger partial charge in [-0.2, -0.15) is 5.10 Å². The molecule has 0 saturated carbocycles. The lowest BCUT2D eigenvalue weighted by atomic mass is 10.1. The Bertz CT molecular complexity index is 941. The van der Waals surface area contributed by atoms with Crippen LogP contribution in [0.15, 0.2) is 30.9 Å². The fraction of sp³-hybridized carbons (Fsp3) is 0.421. The molecule has 1 radical (unpaired) electrons. The molecule has 27 heavy (non-hydrogen) atoms. The summed E-state index contributed by atoms with van der Waals surface area (Å²) in [5.74, 6) is -0.337. The Labute approximate surface area is 159 Å². The molecule has 0 atom stereocenters. The van der Waals surface area contributed by atoms with E-state index in [2.05, 4.69) is 35.0 Å². The van der Waals surface area contributed by atoms with Gasteiger partial charge < -0.3 is 14.6 Å². The molecule has 1 aliphatic heterocycles. The van der Waals surface area contributed by atoms with Gasteiger partial charge in [-0.15, -0.1) is 0 Å². The molecule has 4 rings (SSSR count). The molecule has 0 bridgehead atoms. The first-order valence-corrected chi connectivity index (χ1v) is 12.9. The Balaban J connectivity index is 1.57. The van der Waals surface area contributed by atoms with E-state index in [1.807, 2.05) is 27.7 Å². The smallest absolute Gasteiger partial charge is 0.150 e. The highest BCUT2D eigenvalue weighted by atomic mass is 28.3. The summed E-state index contributed by atoms with van der Waals surface area (Å²) in [5, 5.41) is 8.35. The fourth-order valence-electron chi connectivity index (χ4n) is 3.08. The van der Waals surface area contributed by atoms with Crippen molar-refractivity contribution in [3.8, 4) is 11.1 Å². The summed E-state index contributed by atoms with van der Waals surface area (Å²) in [7, 11) is -1.11. The van der Waals surface area contributed by atoms with Crippen molar-refractivity contribution < 1.29 is 9.13 Å². The lowest BCUT2D eigenvalue weighted by molar-refractivity contribution is 0.0899. The average molecular weight is 387 g/mol. The molecule has 8 heteroatoms. The minimum Gasteiger partial charge on any atom is -0.361 e. The summed E-state index contributed by atoms with van der Waals surface area (Å²) >= 11 is 0. The number of aromatic nitrogens is 4. The van der Waals surface area contributed by atoms with Crippen molar-refractivity contribution in [1.82, 2.24) is 24.6 Å². The Morgan fingerprint density at radius 2 is 2.07 bits per heavy atom. The number of halogens is 1. The SMILES string of the molecule is C[Si](C)(C)CCOCn1ccc2c(-c3cnn([C]4CNC4)c3)c(F)cnc21. The van der Waals surface area contributed by atoms with Crippen LogP contribution in [-0.4, -0.2) is 47.1 Å². The largest absolute Gasteiger partial charge is 0.361 e. The first-order valence-electron chi connectivity index (χ1n) is 9.24. The number of hydrogen-bond acceptors (Lipinski definition) is 4. The van der Waals surface area contributed by atoms with Crippen LogP contribution in [0.1, 0.15) is 0 Å². The number of fused-ring (bicyclic) bond motifs is 1. The van der Waals surface area contributed by atoms with E-state index in [0.29, 0.717) is 12.3 Å². The maximum absolute atomic E-state index is 14.6. The third-order valence-electron chi connectivity index (χ3n) is 4.82. The van der Waals surface area contributed by atoms with E-state index in [0.717, 1.165) is 42.3 Å². The van der Waals surface area contributed by atoms with Gasteiger partial charge in [-0.3, -0.25) is 4.68 Å². The topological polar surface area (TPSA) is 56.9 Å². The zero-order valence-corrected chi connectivity index (χ0v) is 17.0. The van der Waals surface area contributed by atoms with Gasteiger partial charge in [-0.1, -0.05) is 19.6 Å². The molecule has 0 aliphatic carbocycles. The van der Waals surface area contributed by atoms with Gasteiger partial charge in [0.2, 0.25) is 0 Å².